The number of aromatic nitrogens is 4. The van der Waals surface area contributed by atoms with Crippen molar-refractivity contribution in [2.24, 2.45) is 0 Å². The Bertz CT molecular complexity index is 428. The maximum atomic E-state index is 9.77. The summed E-state index contributed by atoms with van der Waals surface area (Å²) >= 11 is 0. The smallest absolute Gasteiger partial charge is 0.153 e. The van der Waals surface area contributed by atoms with Crippen LogP contribution in [0.5, 0.6) is 0 Å². The largest absolute Gasteiger partial charge is 0.385 e. The van der Waals surface area contributed by atoms with E-state index in [1.54, 1.807) is 12.3 Å². The van der Waals surface area contributed by atoms with Crippen LogP contribution in [0.4, 0.5) is 5.82 Å². The van der Waals surface area contributed by atoms with Crippen molar-refractivity contribution in [1.82, 2.24) is 20.2 Å². The number of pyridine rings is 1. The van der Waals surface area contributed by atoms with Crippen LogP contribution in [0.15, 0.2) is 24.7 Å². The van der Waals surface area contributed by atoms with E-state index in [9.17, 15) is 5.11 Å². The lowest BCUT2D eigenvalue weighted by molar-refractivity contribution is 0.169. The van der Waals surface area contributed by atoms with Crippen molar-refractivity contribution >= 4 is 5.82 Å². The van der Waals surface area contributed by atoms with Gasteiger partial charge >= 0.3 is 0 Å². The summed E-state index contributed by atoms with van der Waals surface area (Å²) in [5.74, 6) is 0.856. The average Bonchev–Trinajstić information content (AvgIpc) is 2.74. The molecule has 2 rings (SSSR count). The number of nitrogens with two attached hydrogens (primary N) is 1. The monoisotopic (exact) mass is 205 g/mol. The lowest BCUT2D eigenvalue weighted by atomic mass is 10.1. The quantitative estimate of drug-likeness (QED) is 0.657. The Labute approximate surface area is 86.2 Å². The molecular formula is C9H11N5O. The summed E-state index contributed by atoms with van der Waals surface area (Å²) in [5.41, 5.74) is 6.45. The molecule has 0 amide bonds. The SMILES string of the molecule is Nc1ncccc1CC(O)c1ncn[nH]1. The molecule has 2 aromatic rings. The summed E-state index contributed by atoms with van der Waals surface area (Å²) in [6.45, 7) is 0. The minimum atomic E-state index is -0.737. The van der Waals surface area contributed by atoms with Gasteiger partial charge in [0, 0.05) is 12.6 Å². The Balaban J connectivity index is 2.13. The third-order valence-electron chi connectivity index (χ3n) is 2.09. The van der Waals surface area contributed by atoms with Crippen LogP contribution in [0.25, 0.3) is 0 Å². The van der Waals surface area contributed by atoms with Gasteiger partial charge in [-0.15, -0.1) is 0 Å². The highest BCUT2D eigenvalue weighted by Crippen LogP contribution is 2.17. The molecule has 6 heteroatoms. The minimum Gasteiger partial charge on any atom is -0.385 e. The molecule has 1 atom stereocenters. The van der Waals surface area contributed by atoms with Gasteiger partial charge in [0.05, 0.1) is 0 Å². The highest BCUT2D eigenvalue weighted by atomic mass is 16.3. The van der Waals surface area contributed by atoms with Crippen LogP contribution in [0.3, 0.4) is 0 Å². The minimum absolute atomic E-state index is 0.370. The van der Waals surface area contributed by atoms with Crippen molar-refractivity contribution in [3.8, 4) is 0 Å². The van der Waals surface area contributed by atoms with E-state index in [0.717, 1.165) is 5.56 Å². The van der Waals surface area contributed by atoms with Crippen molar-refractivity contribution in [3.05, 3.63) is 36.0 Å². The number of nitrogen functional groups attached to an aromatic ring is 1. The molecule has 6 nitrogen and oxygen atoms in total. The number of hydrogen-bond acceptors (Lipinski definition) is 5. The van der Waals surface area contributed by atoms with Gasteiger partial charge in [-0.25, -0.2) is 9.97 Å². The number of aliphatic hydroxyl groups is 1. The number of aliphatic hydroxyl groups excluding tert-OH is 1. The number of hydrogen-bond donors (Lipinski definition) is 3. The topological polar surface area (TPSA) is 101 Å². The van der Waals surface area contributed by atoms with Crippen LogP contribution in [0.1, 0.15) is 17.5 Å². The number of nitrogens with zero attached hydrogens (tertiary/aromatic N) is 3. The van der Waals surface area contributed by atoms with E-state index in [4.69, 9.17) is 5.73 Å². The predicted octanol–water partition coefficient (Wildman–Crippen LogP) is 0.0580. The molecule has 2 aromatic heterocycles. The zero-order valence-corrected chi connectivity index (χ0v) is 7.96. The van der Waals surface area contributed by atoms with Gasteiger partial charge in [-0.1, -0.05) is 6.07 Å². The molecule has 0 saturated carbocycles. The number of aromatic amines is 1. The lowest BCUT2D eigenvalue weighted by Gasteiger charge is -2.08. The van der Waals surface area contributed by atoms with Crippen LogP contribution < -0.4 is 5.73 Å². The third kappa shape index (κ3) is 2.10. The first-order valence-corrected chi connectivity index (χ1v) is 4.50. The normalized spacial score (nSPS) is 12.6. The van der Waals surface area contributed by atoms with Gasteiger partial charge in [0.15, 0.2) is 5.82 Å². The molecule has 1 unspecified atom stereocenters. The Hall–Kier alpha value is -1.95. The molecule has 15 heavy (non-hydrogen) atoms. The molecule has 0 radical (unpaired) electrons. The van der Waals surface area contributed by atoms with Gasteiger partial charge < -0.3 is 10.8 Å². The van der Waals surface area contributed by atoms with E-state index >= 15 is 0 Å². The fourth-order valence-electron chi connectivity index (χ4n) is 1.30. The molecule has 0 spiro atoms. The van der Waals surface area contributed by atoms with E-state index < -0.39 is 6.10 Å². The van der Waals surface area contributed by atoms with Crippen molar-refractivity contribution in [3.63, 3.8) is 0 Å². The van der Waals surface area contributed by atoms with Crippen LogP contribution in [-0.2, 0) is 6.42 Å². The number of rotatable bonds is 3. The van der Waals surface area contributed by atoms with Crippen molar-refractivity contribution in [2.45, 2.75) is 12.5 Å². The molecule has 0 bridgehead atoms. The van der Waals surface area contributed by atoms with E-state index in [1.807, 2.05) is 6.07 Å². The predicted molar refractivity (Wildman–Crippen MR) is 53.7 cm³/mol. The fraction of sp³-hybridized carbons (Fsp3) is 0.222. The second-order valence-corrected chi connectivity index (χ2v) is 3.14. The van der Waals surface area contributed by atoms with Gasteiger partial charge in [-0.05, 0) is 11.6 Å². The van der Waals surface area contributed by atoms with Crippen LogP contribution in [-0.4, -0.2) is 25.3 Å². The van der Waals surface area contributed by atoms with Gasteiger partial charge in [-0.2, -0.15) is 5.10 Å². The maximum absolute atomic E-state index is 9.77. The molecule has 0 saturated heterocycles. The fourth-order valence-corrected chi connectivity index (χ4v) is 1.30. The molecular weight excluding hydrogens is 194 g/mol. The Morgan fingerprint density at radius 3 is 3.00 bits per heavy atom. The van der Waals surface area contributed by atoms with Gasteiger partial charge in [0.2, 0.25) is 0 Å². The lowest BCUT2D eigenvalue weighted by Crippen LogP contribution is -2.06. The Kier molecular flexibility index (Phi) is 2.59. The molecule has 0 aliphatic heterocycles. The van der Waals surface area contributed by atoms with Crippen molar-refractivity contribution in [1.29, 1.82) is 0 Å². The first-order chi connectivity index (χ1) is 7.27. The summed E-state index contributed by atoms with van der Waals surface area (Å²) in [5, 5.41) is 16.0. The highest BCUT2D eigenvalue weighted by molar-refractivity contribution is 5.38. The first-order valence-electron chi connectivity index (χ1n) is 4.50. The molecule has 2 heterocycles. The first kappa shape index (κ1) is 9.60. The third-order valence-corrected chi connectivity index (χ3v) is 2.09. The summed E-state index contributed by atoms with van der Waals surface area (Å²) < 4.78 is 0. The summed E-state index contributed by atoms with van der Waals surface area (Å²) in [7, 11) is 0. The molecule has 0 fully saturated rings. The van der Waals surface area contributed by atoms with E-state index in [2.05, 4.69) is 20.2 Å². The second kappa shape index (κ2) is 4.05. The Morgan fingerprint density at radius 2 is 2.33 bits per heavy atom. The maximum Gasteiger partial charge on any atom is 0.153 e. The summed E-state index contributed by atoms with van der Waals surface area (Å²) in [6.07, 6.45) is 2.60. The van der Waals surface area contributed by atoms with Crippen LogP contribution in [0, 0.1) is 0 Å². The molecule has 78 valence electrons. The summed E-state index contributed by atoms with van der Waals surface area (Å²) in [6, 6.07) is 3.60. The highest BCUT2D eigenvalue weighted by Gasteiger charge is 2.12. The van der Waals surface area contributed by atoms with Gasteiger partial charge in [-0.3, -0.25) is 5.10 Å². The van der Waals surface area contributed by atoms with Crippen molar-refractivity contribution in [2.75, 3.05) is 5.73 Å². The average molecular weight is 205 g/mol. The van der Waals surface area contributed by atoms with Crippen LogP contribution in [0.2, 0.25) is 0 Å². The standard InChI is InChI=1S/C9H11N5O/c10-8-6(2-1-3-11-8)4-7(15)9-12-5-13-14-9/h1-3,5,7,15H,4H2,(H2,10,11)(H,12,13,14). The van der Waals surface area contributed by atoms with Crippen LogP contribution >= 0.6 is 0 Å². The zero-order valence-electron chi connectivity index (χ0n) is 7.96. The van der Waals surface area contributed by atoms with Gasteiger partial charge in [0.25, 0.3) is 0 Å². The van der Waals surface area contributed by atoms with E-state index in [0.29, 0.717) is 18.1 Å². The summed E-state index contributed by atoms with van der Waals surface area (Å²) in [4.78, 5) is 7.80. The van der Waals surface area contributed by atoms with E-state index in [-0.39, 0.29) is 0 Å². The molecule has 0 aliphatic rings. The number of H-pyrrole nitrogens is 1. The zero-order chi connectivity index (χ0) is 10.7. The molecule has 4 N–H and O–H groups in total. The van der Waals surface area contributed by atoms with E-state index in [1.165, 1.54) is 6.33 Å². The molecule has 0 aliphatic carbocycles. The Morgan fingerprint density at radius 1 is 1.47 bits per heavy atom. The van der Waals surface area contributed by atoms with Gasteiger partial charge in [0.1, 0.15) is 18.2 Å². The second-order valence-electron chi connectivity index (χ2n) is 3.14. The number of nitrogens with one attached hydrogen (secondary N) is 1. The number of anilines is 1. The van der Waals surface area contributed by atoms with Crippen molar-refractivity contribution < 1.29 is 5.11 Å². The molecule has 0 aromatic carbocycles.